The van der Waals surface area contributed by atoms with E-state index < -0.39 is 11.0 Å². The van der Waals surface area contributed by atoms with Crippen molar-refractivity contribution >= 4 is 11.6 Å². The molecule has 0 spiro atoms. The summed E-state index contributed by atoms with van der Waals surface area (Å²) in [5, 5.41) is 20.8. The molecule has 2 rings (SSSR count). The van der Waals surface area contributed by atoms with E-state index in [-0.39, 0.29) is 17.2 Å². The first kappa shape index (κ1) is 22.1. The Kier molecular flexibility index (Phi) is 8.70. The molecule has 1 fully saturated rings. The first-order valence-corrected chi connectivity index (χ1v) is 10.3. The molecule has 156 valence electrons. The van der Waals surface area contributed by atoms with E-state index in [1.165, 1.54) is 31.9 Å². The number of hydrogen-bond donors (Lipinski definition) is 1. The third kappa shape index (κ3) is 6.19. The molecule has 0 heterocycles. The minimum atomic E-state index is -0.920. The quantitative estimate of drug-likeness (QED) is 0.343. The van der Waals surface area contributed by atoms with Crippen LogP contribution in [0.4, 0.5) is 5.69 Å². The normalized spacial score (nSPS) is 15.4. The van der Waals surface area contributed by atoms with Crippen molar-refractivity contribution in [2.45, 2.75) is 77.4 Å². The second-order valence-electron chi connectivity index (χ2n) is 7.48. The molecule has 1 amide bonds. The number of nitro groups is 1. The van der Waals surface area contributed by atoms with Gasteiger partial charge in [0.05, 0.1) is 29.3 Å². The van der Waals surface area contributed by atoms with Gasteiger partial charge in [-0.15, -0.1) is 0 Å². The predicted molar refractivity (Wildman–Crippen MR) is 107 cm³/mol. The second kappa shape index (κ2) is 11.0. The molecule has 1 aromatic rings. The van der Waals surface area contributed by atoms with Crippen LogP contribution >= 0.6 is 0 Å². The lowest BCUT2D eigenvalue weighted by Crippen LogP contribution is -2.39. The monoisotopic (exact) mass is 392 g/mol. The predicted octanol–water partition coefficient (Wildman–Crippen LogP) is 4.38. The highest BCUT2D eigenvalue weighted by Gasteiger charge is 2.25. The van der Waals surface area contributed by atoms with Gasteiger partial charge in [-0.05, 0) is 44.7 Å². The number of nitrogens with zero attached hydrogens (tertiary/aromatic N) is 2. The Labute approximate surface area is 166 Å². The summed E-state index contributed by atoms with van der Waals surface area (Å²) in [5.41, 5.74) is 0.103. The van der Waals surface area contributed by atoms with Crippen molar-refractivity contribution in [3.8, 4) is 5.75 Å². The van der Waals surface area contributed by atoms with Crippen molar-refractivity contribution in [2.75, 3.05) is 13.2 Å². The highest BCUT2D eigenvalue weighted by atomic mass is 16.6. The van der Waals surface area contributed by atoms with Crippen LogP contribution < -0.4 is 4.74 Å². The average molecular weight is 392 g/mol. The van der Waals surface area contributed by atoms with E-state index in [1.807, 2.05) is 0 Å². The molecule has 0 saturated heterocycles. The van der Waals surface area contributed by atoms with Crippen molar-refractivity contribution < 1.29 is 19.6 Å². The number of hydrogen-bond acceptors (Lipinski definition) is 5. The second-order valence-corrected chi connectivity index (χ2v) is 7.48. The molecule has 0 aliphatic heterocycles. The topological polar surface area (TPSA) is 92.9 Å². The molecule has 1 aromatic carbocycles. The van der Waals surface area contributed by atoms with Gasteiger partial charge < -0.3 is 14.7 Å². The molecule has 0 aromatic heterocycles. The van der Waals surface area contributed by atoms with E-state index in [9.17, 15) is 20.0 Å². The van der Waals surface area contributed by atoms with Gasteiger partial charge in [0.15, 0.2) is 0 Å². The Morgan fingerprint density at radius 3 is 2.68 bits per heavy atom. The van der Waals surface area contributed by atoms with Crippen LogP contribution in [0.3, 0.4) is 0 Å². The maximum atomic E-state index is 12.7. The van der Waals surface area contributed by atoms with Crippen molar-refractivity contribution in [3.05, 3.63) is 33.9 Å². The zero-order valence-electron chi connectivity index (χ0n) is 16.9. The molecule has 7 heteroatoms. The van der Waals surface area contributed by atoms with E-state index >= 15 is 0 Å². The van der Waals surface area contributed by atoms with Gasteiger partial charge in [-0.25, -0.2) is 0 Å². The summed E-state index contributed by atoms with van der Waals surface area (Å²) in [6.45, 7) is 4.77. The Balaban J connectivity index is 1.86. The number of rotatable bonds is 11. The third-order valence-corrected chi connectivity index (χ3v) is 5.29. The number of amides is 1. The zero-order valence-corrected chi connectivity index (χ0v) is 16.9. The van der Waals surface area contributed by atoms with Gasteiger partial charge in [0, 0.05) is 19.0 Å². The summed E-state index contributed by atoms with van der Waals surface area (Å²) in [6.07, 6.45) is 6.77. The summed E-state index contributed by atoms with van der Waals surface area (Å²) >= 11 is 0. The smallest absolute Gasteiger partial charge is 0.278 e. The summed E-state index contributed by atoms with van der Waals surface area (Å²) < 4.78 is 5.61. The van der Waals surface area contributed by atoms with Gasteiger partial charge in [0.2, 0.25) is 5.91 Å². The molecule has 1 unspecified atom stereocenters. The minimum Gasteiger partial charge on any atom is -0.493 e. The van der Waals surface area contributed by atoms with E-state index in [4.69, 9.17) is 4.74 Å². The molecular formula is C21H32N2O5. The van der Waals surface area contributed by atoms with E-state index in [0.717, 1.165) is 32.2 Å². The van der Waals surface area contributed by atoms with Crippen molar-refractivity contribution in [1.29, 1.82) is 0 Å². The Morgan fingerprint density at radius 1 is 1.36 bits per heavy atom. The molecule has 28 heavy (non-hydrogen) atoms. The van der Waals surface area contributed by atoms with Crippen LogP contribution in [0.1, 0.15) is 76.9 Å². The minimum absolute atomic E-state index is 0.157. The molecule has 1 aliphatic carbocycles. The van der Waals surface area contributed by atoms with Crippen LogP contribution in [0.25, 0.3) is 0 Å². The van der Waals surface area contributed by atoms with Gasteiger partial charge in [0.25, 0.3) is 5.69 Å². The van der Waals surface area contributed by atoms with Gasteiger partial charge in [-0.1, -0.05) is 26.2 Å². The standard InChI is InChI=1S/C21H32N2O5/c1-3-4-13-22(17-8-5-6-9-17)21(25)10-7-14-28-18-11-12-19(16(2)24)20(15-18)23(26)27/h11-12,15-17,24H,3-10,13-14H2,1-2H3. The lowest BCUT2D eigenvalue weighted by atomic mass is 10.1. The number of ether oxygens (including phenoxy) is 1. The first-order chi connectivity index (χ1) is 13.4. The van der Waals surface area contributed by atoms with E-state index in [0.29, 0.717) is 31.2 Å². The lowest BCUT2D eigenvalue weighted by molar-refractivity contribution is -0.386. The van der Waals surface area contributed by atoms with Crippen molar-refractivity contribution in [2.24, 2.45) is 0 Å². The largest absolute Gasteiger partial charge is 0.493 e. The first-order valence-electron chi connectivity index (χ1n) is 10.3. The van der Waals surface area contributed by atoms with Crippen LogP contribution in [0.2, 0.25) is 0 Å². The molecule has 1 atom stereocenters. The van der Waals surface area contributed by atoms with Crippen LogP contribution in [-0.2, 0) is 4.79 Å². The fourth-order valence-corrected chi connectivity index (χ4v) is 3.74. The number of benzene rings is 1. The number of carbonyl (C=O) groups excluding carboxylic acids is 1. The SMILES string of the molecule is CCCCN(C(=O)CCCOc1ccc(C(C)O)c([N+](=O)[O-])c1)C1CCCC1. The fraction of sp³-hybridized carbons (Fsp3) is 0.667. The average Bonchev–Trinajstić information content (AvgIpc) is 3.19. The van der Waals surface area contributed by atoms with Crippen molar-refractivity contribution in [3.63, 3.8) is 0 Å². The molecule has 1 N–H and O–H groups in total. The Morgan fingerprint density at radius 2 is 2.07 bits per heavy atom. The van der Waals surface area contributed by atoms with Crippen LogP contribution in [0, 0.1) is 10.1 Å². The highest BCUT2D eigenvalue weighted by Crippen LogP contribution is 2.29. The molecule has 1 aliphatic rings. The summed E-state index contributed by atoms with van der Waals surface area (Å²) in [4.78, 5) is 25.4. The summed E-state index contributed by atoms with van der Waals surface area (Å²) in [5.74, 6) is 0.557. The van der Waals surface area contributed by atoms with Gasteiger partial charge >= 0.3 is 0 Å². The molecule has 0 radical (unpaired) electrons. The van der Waals surface area contributed by atoms with Gasteiger partial charge in [0.1, 0.15) is 5.75 Å². The number of nitro benzene ring substituents is 1. The van der Waals surface area contributed by atoms with Gasteiger partial charge in [-0.3, -0.25) is 14.9 Å². The van der Waals surface area contributed by atoms with Crippen LogP contribution in [-0.4, -0.2) is 40.0 Å². The molecule has 1 saturated carbocycles. The maximum absolute atomic E-state index is 12.7. The molecular weight excluding hydrogens is 360 g/mol. The van der Waals surface area contributed by atoms with Gasteiger partial charge in [-0.2, -0.15) is 0 Å². The van der Waals surface area contributed by atoms with Crippen molar-refractivity contribution in [1.82, 2.24) is 4.90 Å². The highest BCUT2D eigenvalue weighted by molar-refractivity contribution is 5.76. The molecule has 7 nitrogen and oxygen atoms in total. The number of carbonyl (C=O) groups is 1. The number of unbranched alkanes of at least 4 members (excludes halogenated alkanes) is 1. The maximum Gasteiger partial charge on any atom is 0.278 e. The number of aliphatic hydroxyl groups excluding tert-OH is 1. The Bertz CT molecular complexity index is 656. The Hall–Kier alpha value is -2.15. The molecule has 0 bridgehead atoms. The number of aliphatic hydroxyl groups is 1. The zero-order chi connectivity index (χ0) is 20.5. The summed E-state index contributed by atoms with van der Waals surface area (Å²) in [7, 11) is 0. The van der Waals surface area contributed by atoms with Crippen LogP contribution in [0.5, 0.6) is 5.75 Å². The lowest BCUT2D eigenvalue weighted by Gasteiger charge is -2.29. The van der Waals surface area contributed by atoms with E-state index in [1.54, 1.807) is 6.07 Å². The fourth-order valence-electron chi connectivity index (χ4n) is 3.74. The third-order valence-electron chi connectivity index (χ3n) is 5.29. The summed E-state index contributed by atoms with van der Waals surface area (Å²) in [6, 6.07) is 4.84. The van der Waals surface area contributed by atoms with Crippen LogP contribution in [0.15, 0.2) is 18.2 Å². The van der Waals surface area contributed by atoms with E-state index in [2.05, 4.69) is 11.8 Å².